The van der Waals surface area contributed by atoms with Crippen LogP contribution in [0.15, 0.2) is 17.5 Å². The van der Waals surface area contributed by atoms with E-state index in [2.05, 4.69) is 11.5 Å². The Kier molecular flexibility index (Phi) is 2.70. The first kappa shape index (κ1) is 6.74. The third-order valence-electron chi connectivity index (χ3n) is 1.06. The number of hydrogen-bond donors (Lipinski definition) is 2. The van der Waals surface area contributed by atoms with Crippen molar-refractivity contribution in [2.45, 2.75) is 6.42 Å². The zero-order chi connectivity index (χ0) is 6.53. The van der Waals surface area contributed by atoms with Gasteiger partial charge in [-0.05, 0) is 17.9 Å². The van der Waals surface area contributed by atoms with Crippen LogP contribution in [0.4, 0.5) is 0 Å². The first-order chi connectivity index (χ1) is 4.43. The smallest absolute Gasteiger partial charge is 0.0255 e. The molecule has 0 radical (unpaired) electrons. The van der Waals surface area contributed by atoms with Gasteiger partial charge in [-0.15, -0.1) is 11.3 Å². The standard InChI is InChI=1S/C6H9NOS/c8-7-4-3-6-2-1-5-9-6/h1-2,5,7-8H,3-4H2. The summed E-state index contributed by atoms with van der Waals surface area (Å²) in [4.78, 5) is 1.30. The molecule has 0 saturated carbocycles. The summed E-state index contributed by atoms with van der Waals surface area (Å²) in [6.07, 6.45) is 0.911. The topological polar surface area (TPSA) is 32.3 Å². The van der Waals surface area contributed by atoms with Crippen molar-refractivity contribution in [3.05, 3.63) is 22.4 Å². The molecule has 1 aromatic heterocycles. The highest BCUT2D eigenvalue weighted by molar-refractivity contribution is 7.09. The van der Waals surface area contributed by atoms with E-state index in [-0.39, 0.29) is 0 Å². The summed E-state index contributed by atoms with van der Waals surface area (Å²) < 4.78 is 0. The second-order valence-corrected chi connectivity index (χ2v) is 2.77. The van der Waals surface area contributed by atoms with Gasteiger partial charge in [0.2, 0.25) is 0 Å². The molecule has 1 aromatic rings. The van der Waals surface area contributed by atoms with Crippen LogP contribution in [-0.2, 0) is 6.42 Å². The number of thiophene rings is 1. The monoisotopic (exact) mass is 143 g/mol. The van der Waals surface area contributed by atoms with Crippen molar-refractivity contribution < 1.29 is 5.21 Å². The minimum atomic E-state index is 0.639. The van der Waals surface area contributed by atoms with E-state index in [1.807, 2.05) is 11.4 Å². The maximum Gasteiger partial charge on any atom is 0.0255 e. The average Bonchev–Trinajstić information content (AvgIpc) is 2.34. The van der Waals surface area contributed by atoms with Gasteiger partial charge in [-0.25, -0.2) is 5.48 Å². The molecular formula is C6H9NOS. The Balaban J connectivity index is 2.30. The van der Waals surface area contributed by atoms with Gasteiger partial charge in [0, 0.05) is 11.4 Å². The molecule has 0 spiro atoms. The normalized spacial score (nSPS) is 9.89. The fourth-order valence-corrected chi connectivity index (χ4v) is 1.34. The van der Waals surface area contributed by atoms with E-state index < -0.39 is 0 Å². The van der Waals surface area contributed by atoms with Crippen LogP contribution in [0.2, 0.25) is 0 Å². The van der Waals surface area contributed by atoms with Gasteiger partial charge >= 0.3 is 0 Å². The molecule has 3 heteroatoms. The average molecular weight is 143 g/mol. The summed E-state index contributed by atoms with van der Waals surface area (Å²) in [5, 5.41) is 10.3. The predicted octanol–water partition coefficient (Wildman–Crippen LogP) is 1.27. The van der Waals surface area contributed by atoms with Crippen LogP contribution in [-0.4, -0.2) is 11.8 Å². The van der Waals surface area contributed by atoms with Crippen LogP contribution in [0.25, 0.3) is 0 Å². The van der Waals surface area contributed by atoms with Gasteiger partial charge in [0.1, 0.15) is 0 Å². The molecule has 0 fully saturated rings. The molecular weight excluding hydrogens is 134 g/mol. The Morgan fingerprint density at radius 2 is 2.56 bits per heavy atom. The summed E-state index contributed by atoms with van der Waals surface area (Å²) in [5.41, 5.74) is 2.11. The van der Waals surface area contributed by atoms with Crippen molar-refractivity contribution in [3.63, 3.8) is 0 Å². The van der Waals surface area contributed by atoms with Gasteiger partial charge in [-0.3, -0.25) is 0 Å². The van der Waals surface area contributed by atoms with Crippen LogP contribution >= 0.6 is 11.3 Å². The number of hydroxylamine groups is 1. The Morgan fingerprint density at radius 3 is 3.11 bits per heavy atom. The van der Waals surface area contributed by atoms with E-state index >= 15 is 0 Å². The van der Waals surface area contributed by atoms with Crippen LogP contribution in [0, 0.1) is 0 Å². The third-order valence-corrected chi connectivity index (χ3v) is 2.00. The molecule has 0 aliphatic rings. The van der Waals surface area contributed by atoms with Crippen molar-refractivity contribution in [3.8, 4) is 0 Å². The van der Waals surface area contributed by atoms with Gasteiger partial charge in [0.25, 0.3) is 0 Å². The Hall–Kier alpha value is -0.380. The minimum absolute atomic E-state index is 0.639. The van der Waals surface area contributed by atoms with Crippen LogP contribution in [0.3, 0.4) is 0 Å². The fraction of sp³-hybridized carbons (Fsp3) is 0.333. The summed E-state index contributed by atoms with van der Waals surface area (Å²) in [6, 6.07) is 4.07. The Bertz CT molecular complexity index is 150. The van der Waals surface area contributed by atoms with Crippen molar-refractivity contribution in [2.24, 2.45) is 0 Å². The second kappa shape index (κ2) is 3.61. The molecule has 2 nitrogen and oxygen atoms in total. The van der Waals surface area contributed by atoms with E-state index in [1.165, 1.54) is 4.88 Å². The summed E-state index contributed by atoms with van der Waals surface area (Å²) >= 11 is 1.71. The van der Waals surface area contributed by atoms with Crippen molar-refractivity contribution in [2.75, 3.05) is 6.54 Å². The minimum Gasteiger partial charge on any atom is -0.317 e. The molecule has 0 aliphatic heterocycles. The first-order valence-corrected chi connectivity index (χ1v) is 3.71. The van der Waals surface area contributed by atoms with E-state index in [0.29, 0.717) is 6.54 Å². The zero-order valence-corrected chi connectivity index (χ0v) is 5.82. The highest BCUT2D eigenvalue weighted by Crippen LogP contribution is 2.07. The van der Waals surface area contributed by atoms with Gasteiger partial charge in [-0.1, -0.05) is 6.07 Å². The largest absolute Gasteiger partial charge is 0.317 e. The molecule has 0 unspecified atom stereocenters. The van der Waals surface area contributed by atoms with Gasteiger partial charge in [-0.2, -0.15) is 0 Å². The SMILES string of the molecule is ONCCc1cccs1. The maximum atomic E-state index is 8.22. The maximum absolute atomic E-state index is 8.22. The number of hydrogen-bond acceptors (Lipinski definition) is 3. The predicted molar refractivity (Wildman–Crippen MR) is 37.8 cm³/mol. The van der Waals surface area contributed by atoms with E-state index in [0.717, 1.165) is 6.42 Å². The quantitative estimate of drug-likeness (QED) is 0.624. The Labute approximate surface area is 58.1 Å². The summed E-state index contributed by atoms with van der Waals surface area (Å²) in [5.74, 6) is 0. The van der Waals surface area contributed by atoms with Crippen LogP contribution < -0.4 is 5.48 Å². The lowest BCUT2D eigenvalue weighted by Crippen LogP contribution is -2.10. The molecule has 0 aliphatic carbocycles. The Morgan fingerprint density at radius 1 is 1.67 bits per heavy atom. The van der Waals surface area contributed by atoms with Crippen molar-refractivity contribution in [1.82, 2.24) is 5.48 Å². The second-order valence-electron chi connectivity index (χ2n) is 1.74. The first-order valence-electron chi connectivity index (χ1n) is 2.83. The lowest BCUT2D eigenvalue weighted by atomic mass is 10.3. The zero-order valence-electron chi connectivity index (χ0n) is 5.00. The van der Waals surface area contributed by atoms with E-state index in [4.69, 9.17) is 5.21 Å². The van der Waals surface area contributed by atoms with Crippen molar-refractivity contribution >= 4 is 11.3 Å². The molecule has 0 atom stereocenters. The molecule has 0 amide bonds. The molecule has 0 aromatic carbocycles. The molecule has 0 bridgehead atoms. The van der Waals surface area contributed by atoms with Crippen LogP contribution in [0.1, 0.15) is 4.88 Å². The van der Waals surface area contributed by atoms with Gasteiger partial charge in [0.15, 0.2) is 0 Å². The molecule has 1 heterocycles. The van der Waals surface area contributed by atoms with Gasteiger partial charge < -0.3 is 5.21 Å². The highest BCUT2D eigenvalue weighted by Gasteiger charge is 1.89. The van der Waals surface area contributed by atoms with E-state index in [9.17, 15) is 0 Å². The summed E-state index contributed by atoms with van der Waals surface area (Å²) in [6.45, 7) is 0.639. The van der Waals surface area contributed by atoms with Gasteiger partial charge in [0.05, 0.1) is 0 Å². The lowest BCUT2D eigenvalue weighted by molar-refractivity contribution is 0.168. The fourth-order valence-electron chi connectivity index (χ4n) is 0.634. The summed E-state index contributed by atoms with van der Waals surface area (Å²) in [7, 11) is 0. The lowest BCUT2D eigenvalue weighted by Gasteiger charge is -1.92. The molecule has 2 N–H and O–H groups in total. The number of rotatable bonds is 3. The van der Waals surface area contributed by atoms with Crippen molar-refractivity contribution in [1.29, 1.82) is 0 Å². The molecule has 1 rings (SSSR count). The number of nitrogens with one attached hydrogen (secondary N) is 1. The highest BCUT2D eigenvalue weighted by atomic mass is 32.1. The third kappa shape index (κ3) is 2.13. The molecule has 9 heavy (non-hydrogen) atoms. The molecule has 50 valence electrons. The molecule has 0 saturated heterocycles. The van der Waals surface area contributed by atoms with Crippen LogP contribution in [0.5, 0.6) is 0 Å². The van der Waals surface area contributed by atoms with E-state index in [1.54, 1.807) is 11.3 Å².